The molecule has 2 atom stereocenters. The third-order valence-electron chi connectivity index (χ3n) is 3.41. The van der Waals surface area contributed by atoms with Crippen LogP contribution in [0.2, 0.25) is 5.02 Å². The fourth-order valence-corrected chi connectivity index (χ4v) is 2.70. The van der Waals surface area contributed by atoms with Gasteiger partial charge in [0.05, 0.1) is 22.9 Å². The van der Waals surface area contributed by atoms with E-state index >= 15 is 0 Å². The van der Waals surface area contributed by atoms with Crippen molar-refractivity contribution in [2.75, 3.05) is 18.6 Å². The van der Waals surface area contributed by atoms with E-state index < -0.39 is 0 Å². The van der Waals surface area contributed by atoms with Gasteiger partial charge in [0.15, 0.2) is 0 Å². The molecule has 6 nitrogen and oxygen atoms in total. The molecule has 2 aromatic heterocycles. The Labute approximate surface area is 115 Å². The van der Waals surface area contributed by atoms with E-state index in [1.54, 1.807) is 19.5 Å². The average molecular weight is 280 g/mol. The number of rotatable bonds is 3. The van der Waals surface area contributed by atoms with Crippen LogP contribution in [-0.4, -0.2) is 39.9 Å². The average Bonchev–Trinajstić information content (AvgIpc) is 3.08. The molecule has 0 saturated carbocycles. The topological polar surface area (TPSA) is 66.9 Å². The van der Waals surface area contributed by atoms with Gasteiger partial charge in [0.2, 0.25) is 0 Å². The summed E-state index contributed by atoms with van der Waals surface area (Å²) < 4.78 is 5.47. The second-order valence-electron chi connectivity index (χ2n) is 4.46. The zero-order valence-electron chi connectivity index (χ0n) is 10.5. The van der Waals surface area contributed by atoms with E-state index in [1.807, 2.05) is 6.07 Å². The Kier molecular flexibility index (Phi) is 3.35. The largest absolute Gasteiger partial charge is 0.380 e. The normalized spacial score (nSPS) is 22.9. The lowest BCUT2D eigenvalue weighted by Gasteiger charge is -2.25. The molecular formula is C12H14ClN5O. The number of hydrogen-bond donors (Lipinski definition) is 1. The number of aromatic amines is 1. The van der Waals surface area contributed by atoms with Crippen molar-refractivity contribution >= 4 is 17.3 Å². The lowest BCUT2D eigenvalue weighted by molar-refractivity contribution is 0.118. The Balaban J connectivity index is 1.96. The number of halogens is 1. The molecule has 0 amide bonds. The highest BCUT2D eigenvalue weighted by molar-refractivity contribution is 6.33. The van der Waals surface area contributed by atoms with Gasteiger partial charge in [0.1, 0.15) is 12.2 Å². The molecule has 3 heterocycles. The molecule has 100 valence electrons. The molecule has 0 bridgehead atoms. The fourth-order valence-electron chi connectivity index (χ4n) is 2.47. The van der Waals surface area contributed by atoms with Gasteiger partial charge >= 0.3 is 0 Å². The Hall–Kier alpha value is -1.66. The number of pyridine rings is 1. The second-order valence-corrected chi connectivity index (χ2v) is 4.87. The third-order valence-corrected chi connectivity index (χ3v) is 3.70. The molecule has 1 aliphatic heterocycles. The minimum Gasteiger partial charge on any atom is -0.380 e. The Morgan fingerprint density at radius 1 is 1.53 bits per heavy atom. The summed E-state index contributed by atoms with van der Waals surface area (Å²) >= 11 is 6.23. The van der Waals surface area contributed by atoms with Crippen LogP contribution in [0.15, 0.2) is 24.8 Å². The molecule has 7 heteroatoms. The van der Waals surface area contributed by atoms with Gasteiger partial charge in [-0.25, -0.2) is 4.98 Å². The van der Waals surface area contributed by atoms with Gasteiger partial charge in [-0.3, -0.25) is 10.1 Å². The molecule has 0 radical (unpaired) electrons. The van der Waals surface area contributed by atoms with Crippen LogP contribution in [-0.2, 0) is 4.74 Å². The molecule has 1 saturated heterocycles. The number of hydrogen-bond acceptors (Lipinski definition) is 5. The van der Waals surface area contributed by atoms with Gasteiger partial charge in [-0.15, -0.1) is 0 Å². The highest BCUT2D eigenvalue weighted by atomic mass is 35.5. The maximum atomic E-state index is 6.23. The number of H-pyrrole nitrogens is 1. The van der Waals surface area contributed by atoms with E-state index in [2.05, 4.69) is 25.1 Å². The molecular weight excluding hydrogens is 266 g/mol. The van der Waals surface area contributed by atoms with Gasteiger partial charge in [0, 0.05) is 32.5 Å². The zero-order chi connectivity index (χ0) is 13.2. The first kappa shape index (κ1) is 12.4. The highest BCUT2D eigenvalue weighted by Gasteiger charge is 2.35. The minimum atomic E-state index is 0.0901. The zero-order valence-corrected chi connectivity index (χ0v) is 11.2. The molecule has 0 spiro atoms. The lowest BCUT2D eigenvalue weighted by atomic mass is 10.2. The first-order valence-corrected chi connectivity index (χ1v) is 6.41. The number of ether oxygens (including phenoxy) is 1. The summed E-state index contributed by atoms with van der Waals surface area (Å²) in [5, 5.41) is 7.47. The van der Waals surface area contributed by atoms with Crippen molar-refractivity contribution in [3.8, 4) is 0 Å². The fraction of sp³-hybridized carbons (Fsp3) is 0.417. The predicted molar refractivity (Wildman–Crippen MR) is 71.1 cm³/mol. The molecule has 2 aromatic rings. The van der Waals surface area contributed by atoms with Gasteiger partial charge in [-0.05, 0) is 6.07 Å². The van der Waals surface area contributed by atoms with Crippen LogP contribution in [0.4, 0.5) is 5.69 Å². The van der Waals surface area contributed by atoms with E-state index in [4.69, 9.17) is 16.3 Å². The Morgan fingerprint density at radius 2 is 2.42 bits per heavy atom. The Morgan fingerprint density at radius 3 is 3.11 bits per heavy atom. The first-order chi connectivity index (χ1) is 9.29. The molecule has 3 rings (SSSR count). The first-order valence-electron chi connectivity index (χ1n) is 6.04. The summed E-state index contributed by atoms with van der Waals surface area (Å²) in [7, 11) is 1.72. The summed E-state index contributed by atoms with van der Waals surface area (Å²) in [5.74, 6) is 0.826. The summed E-state index contributed by atoms with van der Waals surface area (Å²) in [6, 6.07) is 2.00. The van der Waals surface area contributed by atoms with Gasteiger partial charge in [-0.2, -0.15) is 5.10 Å². The van der Waals surface area contributed by atoms with Crippen LogP contribution in [0.1, 0.15) is 18.3 Å². The van der Waals surface area contributed by atoms with Gasteiger partial charge in [-0.1, -0.05) is 11.6 Å². The molecule has 19 heavy (non-hydrogen) atoms. The molecule has 1 aliphatic rings. The van der Waals surface area contributed by atoms with Crippen LogP contribution in [0.3, 0.4) is 0 Å². The maximum Gasteiger partial charge on any atom is 0.147 e. The van der Waals surface area contributed by atoms with Crippen LogP contribution in [0, 0.1) is 0 Å². The van der Waals surface area contributed by atoms with Crippen molar-refractivity contribution in [1.29, 1.82) is 0 Å². The minimum absolute atomic E-state index is 0.0901. The van der Waals surface area contributed by atoms with Gasteiger partial charge < -0.3 is 9.64 Å². The number of nitrogens with zero attached hydrogens (tertiary/aromatic N) is 4. The summed E-state index contributed by atoms with van der Waals surface area (Å²) in [4.78, 5) is 10.4. The van der Waals surface area contributed by atoms with Crippen molar-refractivity contribution in [3.05, 3.63) is 35.6 Å². The summed E-state index contributed by atoms with van der Waals surface area (Å²) in [6.45, 7) is 0.769. The molecule has 0 aromatic carbocycles. The third kappa shape index (κ3) is 2.29. The molecule has 1 N–H and O–H groups in total. The number of anilines is 1. The van der Waals surface area contributed by atoms with Crippen molar-refractivity contribution < 1.29 is 4.74 Å². The number of aromatic nitrogens is 4. The van der Waals surface area contributed by atoms with Crippen LogP contribution < -0.4 is 4.90 Å². The van der Waals surface area contributed by atoms with E-state index in [9.17, 15) is 0 Å². The Bertz CT molecular complexity index is 547. The van der Waals surface area contributed by atoms with Crippen molar-refractivity contribution in [1.82, 2.24) is 20.2 Å². The van der Waals surface area contributed by atoms with E-state index in [0.717, 1.165) is 24.5 Å². The molecule has 0 aliphatic carbocycles. The predicted octanol–water partition coefficient (Wildman–Crippen LogP) is 1.82. The van der Waals surface area contributed by atoms with Crippen LogP contribution >= 0.6 is 11.6 Å². The van der Waals surface area contributed by atoms with Crippen molar-refractivity contribution in [2.24, 2.45) is 0 Å². The second kappa shape index (κ2) is 5.14. The van der Waals surface area contributed by atoms with Crippen LogP contribution in [0.25, 0.3) is 0 Å². The van der Waals surface area contributed by atoms with E-state index in [-0.39, 0.29) is 12.1 Å². The van der Waals surface area contributed by atoms with Crippen LogP contribution in [0.5, 0.6) is 0 Å². The van der Waals surface area contributed by atoms with Gasteiger partial charge in [0.25, 0.3) is 0 Å². The maximum absolute atomic E-state index is 6.23. The quantitative estimate of drug-likeness (QED) is 0.928. The summed E-state index contributed by atoms with van der Waals surface area (Å²) in [5.41, 5.74) is 0.942. The smallest absolute Gasteiger partial charge is 0.147 e. The van der Waals surface area contributed by atoms with E-state index in [0.29, 0.717) is 5.02 Å². The standard InChI is InChI=1S/C12H14ClN5O/c1-19-8-4-11(12-15-7-16-17-12)18(6-8)10-2-3-14-5-9(10)13/h2-3,5,7-8,11H,4,6H2,1H3,(H,15,16,17)/t8-,11+/m1/s1. The molecule has 1 fully saturated rings. The number of nitrogens with one attached hydrogen (secondary N) is 1. The monoisotopic (exact) mass is 279 g/mol. The van der Waals surface area contributed by atoms with Crippen molar-refractivity contribution in [2.45, 2.75) is 18.6 Å². The SMILES string of the molecule is CO[C@@H]1C[C@@H](c2ncn[nH]2)N(c2ccncc2Cl)C1. The van der Waals surface area contributed by atoms with E-state index in [1.165, 1.54) is 6.33 Å². The lowest BCUT2D eigenvalue weighted by Crippen LogP contribution is -2.25. The highest BCUT2D eigenvalue weighted by Crippen LogP contribution is 2.38. The molecule has 0 unspecified atom stereocenters. The number of methoxy groups -OCH3 is 1. The summed E-state index contributed by atoms with van der Waals surface area (Å²) in [6.07, 6.45) is 5.90. The van der Waals surface area contributed by atoms with Crippen molar-refractivity contribution in [3.63, 3.8) is 0 Å².